The number of likely N-dealkylation sites (N-methyl/N-ethyl adjacent to an activating group) is 1. The second-order valence-electron chi connectivity index (χ2n) is 8.83. The minimum atomic E-state index is -0.776. The van der Waals surface area contributed by atoms with E-state index in [-0.39, 0.29) is 17.5 Å². The molecule has 0 heterocycles. The van der Waals surface area contributed by atoms with Crippen LogP contribution in [-0.2, 0) is 9.59 Å². The molecule has 0 aliphatic heterocycles. The van der Waals surface area contributed by atoms with E-state index >= 15 is 0 Å². The summed E-state index contributed by atoms with van der Waals surface area (Å²) in [6.45, 7) is 11.7. The number of ether oxygens (including phenoxy) is 2. The van der Waals surface area contributed by atoms with Crippen molar-refractivity contribution in [2.24, 2.45) is 10.8 Å². The van der Waals surface area contributed by atoms with Gasteiger partial charge in [-0.05, 0) is 65.3 Å². The van der Waals surface area contributed by atoms with Gasteiger partial charge in [-0.2, -0.15) is 0 Å². The summed E-state index contributed by atoms with van der Waals surface area (Å²) in [4.78, 5) is 25.4. The smallest absolute Gasteiger partial charge is 0.317 e. The van der Waals surface area contributed by atoms with Gasteiger partial charge in [-0.3, -0.25) is 9.59 Å². The van der Waals surface area contributed by atoms with Crippen molar-refractivity contribution in [1.29, 1.82) is 0 Å². The van der Waals surface area contributed by atoms with E-state index in [2.05, 4.69) is 5.32 Å². The summed E-state index contributed by atoms with van der Waals surface area (Å²) in [6.07, 6.45) is 2.28. The summed E-state index contributed by atoms with van der Waals surface area (Å²) in [5.41, 5.74) is -0.748. The van der Waals surface area contributed by atoms with Crippen molar-refractivity contribution in [1.82, 2.24) is 5.32 Å². The molecule has 0 aliphatic carbocycles. The predicted octanol–water partition coefficient (Wildman–Crippen LogP) is 4.40. The number of hydrogen-bond acceptors (Lipinski definition) is 6. The monoisotopic (exact) mass is 407 g/mol. The zero-order chi connectivity index (χ0) is 22.2. The number of benzene rings is 1. The van der Waals surface area contributed by atoms with Crippen LogP contribution in [0.1, 0.15) is 78.9 Å². The topological polar surface area (TPSA) is 84.9 Å². The van der Waals surface area contributed by atoms with Crippen molar-refractivity contribution >= 4 is 11.9 Å². The Kier molecular flexibility index (Phi) is 9.30. The van der Waals surface area contributed by atoms with Crippen molar-refractivity contribution in [2.75, 3.05) is 13.6 Å². The van der Waals surface area contributed by atoms with Crippen LogP contribution in [0.5, 0.6) is 11.5 Å². The van der Waals surface area contributed by atoms with Gasteiger partial charge < -0.3 is 19.9 Å². The highest BCUT2D eigenvalue weighted by molar-refractivity contribution is 5.81. The second kappa shape index (κ2) is 10.7. The van der Waals surface area contributed by atoms with Crippen LogP contribution >= 0.6 is 0 Å². The third-order valence-corrected chi connectivity index (χ3v) is 5.01. The van der Waals surface area contributed by atoms with Gasteiger partial charge in [0.25, 0.3) is 0 Å². The number of carbonyl (C=O) groups is 2. The van der Waals surface area contributed by atoms with Gasteiger partial charge in [0.1, 0.15) is 0 Å². The lowest BCUT2D eigenvalue weighted by molar-refractivity contribution is -0.147. The molecule has 2 N–H and O–H groups in total. The van der Waals surface area contributed by atoms with Gasteiger partial charge in [-0.25, -0.2) is 0 Å². The number of aliphatic hydroxyl groups excluding tert-OH is 1. The third-order valence-electron chi connectivity index (χ3n) is 5.01. The maximum absolute atomic E-state index is 12.7. The van der Waals surface area contributed by atoms with Gasteiger partial charge >= 0.3 is 11.9 Å². The maximum Gasteiger partial charge on any atom is 0.317 e. The molecule has 0 saturated heterocycles. The SMILES string of the molecule is CCCC(C)(C)C(=O)Oc1ccc(C(O)CNC)cc1OC(=O)C(C)(C)CCC. The predicted molar refractivity (Wildman–Crippen MR) is 114 cm³/mol. The molecule has 1 rings (SSSR count). The first-order chi connectivity index (χ1) is 13.5. The highest BCUT2D eigenvalue weighted by Gasteiger charge is 2.32. The molecule has 1 aromatic carbocycles. The highest BCUT2D eigenvalue weighted by atomic mass is 16.6. The summed E-state index contributed by atoms with van der Waals surface area (Å²) in [6, 6.07) is 4.81. The molecule has 0 saturated carbocycles. The molecular weight excluding hydrogens is 370 g/mol. The first-order valence-electron chi connectivity index (χ1n) is 10.4. The zero-order valence-corrected chi connectivity index (χ0v) is 18.9. The summed E-state index contributed by atoms with van der Waals surface area (Å²) in [5.74, 6) is -0.453. The fourth-order valence-corrected chi connectivity index (χ4v) is 3.14. The Morgan fingerprint density at radius 3 is 1.90 bits per heavy atom. The maximum atomic E-state index is 12.7. The Balaban J connectivity index is 3.23. The first-order valence-corrected chi connectivity index (χ1v) is 10.4. The van der Waals surface area contributed by atoms with Crippen molar-refractivity contribution in [3.05, 3.63) is 23.8 Å². The van der Waals surface area contributed by atoms with E-state index in [1.807, 2.05) is 41.5 Å². The summed E-state index contributed by atoms with van der Waals surface area (Å²) >= 11 is 0. The molecule has 0 amide bonds. The Labute approximate surface area is 175 Å². The molecule has 0 bridgehead atoms. The second-order valence-corrected chi connectivity index (χ2v) is 8.83. The van der Waals surface area contributed by atoms with E-state index in [1.165, 1.54) is 0 Å². The Bertz CT molecular complexity index is 697. The van der Waals surface area contributed by atoms with Crippen LogP contribution in [0.15, 0.2) is 18.2 Å². The number of aliphatic hydroxyl groups is 1. The van der Waals surface area contributed by atoms with Crippen molar-refractivity contribution < 1.29 is 24.2 Å². The third kappa shape index (κ3) is 7.12. The van der Waals surface area contributed by atoms with Crippen LogP contribution in [-0.4, -0.2) is 30.6 Å². The van der Waals surface area contributed by atoms with Gasteiger partial charge in [-0.1, -0.05) is 32.8 Å². The molecule has 0 aromatic heterocycles. The largest absolute Gasteiger partial charge is 0.422 e. The fraction of sp³-hybridized carbons (Fsp3) is 0.652. The molecule has 0 spiro atoms. The molecule has 0 radical (unpaired) electrons. The zero-order valence-electron chi connectivity index (χ0n) is 18.9. The van der Waals surface area contributed by atoms with Gasteiger partial charge in [0, 0.05) is 6.54 Å². The van der Waals surface area contributed by atoms with E-state index < -0.39 is 22.9 Å². The van der Waals surface area contributed by atoms with Crippen LogP contribution in [0.4, 0.5) is 0 Å². The number of esters is 2. The summed E-state index contributed by atoms with van der Waals surface area (Å²) in [5, 5.41) is 13.2. The van der Waals surface area contributed by atoms with Crippen LogP contribution < -0.4 is 14.8 Å². The van der Waals surface area contributed by atoms with Gasteiger partial charge in [-0.15, -0.1) is 0 Å². The normalized spacial score (nSPS) is 13.1. The summed E-state index contributed by atoms with van der Waals surface area (Å²) in [7, 11) is 1.74. The Morgan fingerprint density at radius 2 is 1.45 bits per heavy atom. The minimum absolute atomic E-state index is 0.146. The molecule has 1 aromatic rings. The lowest BCUT2D eigenvalue weighted by atomic mass is 9.88. The van der Waals surface area contributed by atoms with Crippen LogP contribution in [0, 0.1) is 10.8 Å². The quantitative estimate of drug-likeness (QED) is 0.418. The van der Waals surface area contributed by atoms with Gasteiger partial charge in [0.15, 0.2) is 11.5 Å². The first kappa shape index (κ1) is 25.1. The molecular formula is C23H37NO5. The van der Waals surface area contributed by atoms with Gasteiger partial charge in [0.05, 0.1) is 16.9 Å². The molecule has 0 aliphatic rings. The van der Waals surface area contributed by atoms with Gasteiger partial charge in [0.2, 0.25) is 0 Å². The van der Waals surface area contributed by atoms with Crippen LogP contribution in [0.3, 0.4) is 0 Å². The van der Waals surface area contributed by atoms with E-state index in [4.69, 9.17) is 9.47 Å². The van der Waals surface area contributed by atoms with E-state index in [0.717, 1.165) is 12.8 Å². The van der Waals surface area contributed by atoms with E-state index in [0.29, 0.717) is 24.9 Å². The van der Waals surface area contributed by atoms with Crippen molar-refractivity contribution in [2.45, 2.75) is 73.3 Å². The molecule has 6 nitrogen and oxygen atoms in total. The van der Waals surface area contributed by atoms with Crippen LogP contribution in [0.25, 0.3) is 0 Å². The lowest BCUT2D eigenvalue weighted by Crippen LogP contribution is -2.30. The molecule has 29 heavy (non-hydrogen) atoms. The average molecular weight is 408 g/mol. The number of hydrogen-bond donors (Lipinski definition) is 2. The fourth-order valence-electron chi connectivity index (χ4n) is 3.14. The number of carbonyl (C=O) groups excluding carboxylic acids is 2. The van der Waals surface area contributed by atoms with Crippen molar-refractivity contribution in [3.63, 3.8) is 0 Å². The highest BCUT2D eigenvalue weighted by Crippen LogP contribution is 2.35. The molecule has 164 valence electrons. The number of nitrogens with one attached hydrogen (secondary N) is 1. The van der Waals surface area contributed by atoms with Crippen LogP contribution in [0.2, 0.25) is 0 Å². The molecule has 0 fully saturated rings. The molecule has 1 atom stereocenters. The Hall–Kier alpha value is -1.92. The van der Waals surface area contributed by atoms with E-state index in [9.17, 15) is 14.7 Å². The number of rotatable bonds is 11. The Morgan fingerprint density at radius 1 is 0.966 bits per heavy atom. The molecule has 6 heteroatoms. The lowest BCUT2D eigenvalue weighted by Gasteiger charge is -2.25. The standard InChI is InChI=1S/C23H37NO5/c1-8-12-22(3,4)20(26)28-18-11-10-16(17(25)15-24-7)14-19(18)29-21(27)23(5,6)13-9-2/h10-11,14,17,24-25H,8-9,12-13,15H2,1-7H3. The minimum Gasteiger partial charge on any atom is -0.422 e. The average Bonchev–Trinajstić information content (AvgIpc) is 2.63. The van der Waals surface area contributed by atoms with Crippen molar-refractivity contribution in [3.8, 4) is 11.5 Å². The molecule has 1 unspecified atom stereocenters. The summed E-state index contributed by atoms with van der Waals surface area (Å²) < 4.78 is 11.3. The van der Waals surface area contributed by atoms with E-state index in [1.54, 1.807) is 25.2 Å².